The van der Waals surface area contributed by atoms with Crippen LogP contribution < -0.4 is 10.6 Å². The van der Waals surface area contributed by atoms with Crippen molar-refractivity contribution in [2.75, 3.05) is 98.4 Å². The molecule has 2 rings (SSSR count). The lowest BCUT2D eigenvalue weighted by molar-refractivity contribution is -0.199. The van der Waals surface area contributed by atoms with Gasteiger partial charge in [-0.1, -0.05) is 35.1 Å². The lowest BCUT2D eigenvalue weighted by Crippen LogP contribution is -2.54. The van der Waals surface area contributed by atoms with Crippen LogP contribution in [0.25, 0.3) is 0 Å². The SMILES string of the molecule is C.CC.CC(C)(COCC(C)(C)C(=O)NC(C)(C)COCC(C)(C)NC(=O)CCC(C(=O)O)N1CCN(CC(=O)O)CCN(CC(=O)O)CCN(CC(=O)O)CC1)CC(=O)ON1C(=O)CCC1=O. The first kappa shape index (κ1) is 63.2. The number of nitrogens with one attached hydrogen (secondary N) is 2. The second kappa shape index (κ2) is 29.3. The number of hydroxylamine groups is 2. The third-order valence-electron chi connectivity index (χ3n) is 10.6. The summed E-state index contributed by atoms with van der Waals surface area (Å²) in [6.45, 7) is 18.0. The Balaban J connectivity index is 0.0000148. The van der Waals surface area contributed by atoms with Crippen molar-refractivity contribution in [1.82, 2.24) is 35.3 Å². The normalized spacial score (nSPS) is 17.1. The van der Waals surface area contributed by atoms with Crippen LogP contribution in [-0.2, 0) is 57.5 Å². The third kappa shape index (κ3) is 25.0. The van der Waals surface area contributed by atoms with E-state index in [0.717, 1.165) is 0 Å². The van der Waals surface area contributed by atoms with Gasteiger partial charge in [0.25, 0.3) is 11.8 Å². The van der Waals surface area contributed by atoms with Gasteiger partial charge in [-0.3, -0.25) is 58.0 Å². The van der Waals surface area contributed by atoms with Gasteiger partial charge in [0.15, 0.2) is 0 Å². The molecule has 1 unspecified atom stereocenters. The van der Waals surface area contributed by atoms with E-state index in [4.69, 9.17) is 14.3 Å². The summed E-state index contributed by atoms with van der Waals surface area (Å²) in [6, 6.07) is -1.18. The van der Waals surface area contributed by atoms with Crippen molar-refractivity contribution in [3.05, 3.63) is 0 Å². The van der Waals surface area contributed by atoms with E-state index in [2.05, 4.69) is 10.6 Å². The van der Waals surface area contributed by atoms with Crippen molar-refractivity contribution in [2.45, 2.75) is 126 Å². The van der Waals surface area contributed by atoms with E-state index in [9.17, 15) is 63.6 Å². The van der Waals surface area contributed by atoms with Crippen LogP contribution in [0.1, 0.15) is 109 Å². The molecule has 0 radical (unpaired) electrons. The maximum atomic E-state index is 13.4. The lowest BCUT2D eigenvalue weighted by atomic mass is 9.89. The van der Waals surface area contributed by atoms with Gasteiger partial charge in [0.2, 0.25) is 11.8 Å². The van der Waals surface area contributed by atoms with Gasteiger partial charge < -0.3 is 45.4 Å². The van der Waals surface area contributed by atoms with E-state index in [0.29, 0.717) is 5.06 Å². The van der Waals surface area contributed by atoms with Gasteiger partial charge in [0.05, 0.1) is 69.0 Å². The molecule has 2 heterocycles. The van der Waals surface area contributed by atoms with Crippen LogP contribution in [-0.4, -0.2) is 214 Å². The minimum Gasteiger partial charge on any atom is -0.480 e. The van der Waals surface area contributed by atoms with Gasteiger partial charge in [0, 0.05) is 71.6 Å². The van der Waals surface area contributed by atoms with Crippen molar-refractivity contribution in [3.8, 4) is 0 Å². The zero-order chi connectivity index (χ0) is 51.3. The Morgan fingerprint density at radius 3 is 1.41 bits per heavy atom. The number of ether oxygens (including phenoxy) is 2. The van der Waals surface area contributed by atoms with E-state index < -0.39 is 75.5 Å². The molecule has 68 heavy (non-hydrogen) atoms. The molecule has 0 aromatic carbocycles. The number of aliphatic carboxylic acids is 4. The topological polar surface area (TPSA) is 302 Å². The van der Waals surface area contributed by atoms with Crippen molar-refractivity contribution in [2.24, 2.45) is 10.8 Å². The second-order valence-electron chi connectivity index (χ2n) is 19.5. The number of imide groups is 1. The summed E-state index contributed by atoms with van der Waals surface area (Å²) in [7, 11) is 0. The molecule has 2 aliphatic rings. The quantitative estimate of drug-likeness (QED) is 0.0701. The van der Waals surface area contributed by atoms with Crippen LogP contribution >= 0.6 is 0 Å². The standard InChI is InChI=1S/C42H71N7O16.C2H6.CH4/c1-39(2,21-36(59)65-49-31(51)11-12-32(49)52)25-63-26-40(3,4)38(62)44-42(7,8)28-64-27-41(5,6)43-30(50)10-9-29(37(60)61)48-19-17-46(23-34(55)56)15-13-45(22-33(53)54)14-16-47(18-20-48)24-35(57)58;1-2;/h29H,9-28H2,1-8H3,(H,43,50)(H,44,62)(H,53,54)(H,55,56)(H,57,58)(H,60,61);1-2H3;1H4. The molecule has 2 saturated heterocycles. The summed E-state index contributed by atoms with van der Waals surface area (Å²) in [5.41, 5.74) is -3.53. The number of carbonyl (C=O) groups is 9. The van der Waals surface area contributed by atoms with Crippen LogP contribution in [0.2, 0.25) is 0 Å². The predicted molar refractivity (Wildman–Crippen MR) is 248 cm³/mol. The second-order valence-corrected chi connectivity index (χ2v) is 19.5. The summed E-state index contributed by atoms with van der Waals surface area (Å²) in [5.74, 6) is -7.23. The Bertz CT molecular complexity index is 1660. The maximum absolute atomic E-state index is 13.4. The van der Waals surface area contributed by atoms with Crippen LogP contribution in [0.4, 0.5) is 0 Å². The minimum atomic E-state index is -1.22. The molecule has 6 N–H and O–H groups in total. The average Bonchev–Trinajstić information content (AvgIpc) is 3.49. The van der Waals surface area contributed by atoms with Crippen LogP contribution in [0.5, 0.6) is 0 Å². The summed E-state index contributed by atoms with van der Waals surface area (Å²) >= 11 is 0. The number of carboxylic acids is 4. The van der Waals surface area contributed by atoms with Crippen molar-refractivity contribution < 1.29 is 77.9 Å². The Kier molecular flexibility index (Phi) is 27.2. The Morgan fingerprint density at radius 1 is 0.603 bits per heavy atom. The Morgan fingerprint density at radius 2 is 1.00 bits per heavy atom. The van der Waals surface area contributed by atoms with Crippen molar-refractivity contribution in [1.29, 1.82) is 0 Å². The number of hydrogen-bond donors (Lipinski definition) is 6. The highest BCUT2D eigenvalue weighted by molar-refractivity contribution is 6.01. The minimum absolute atomic E-state index is 0. The highest BCUT2D eigenvalue weighted by atomic mass is 16.7. The smallest absolute Gasteiger partial charge is 0.333 e. The predicted octanol–water partition coefficient (Wildman–Crippen LogP) is 1.23. The Hall–Kier alpha value is -4.81. The largest absolute Gasteiger partial charge is 0.480 e. The number of rotatable bonds is 25. The van der Waals surface area contributed by atoms with E-state index in [1.54, 1.807) is 75.0 Å². The van der Waals surface area contributed by atoms with Gasteiger partial charge in [-0.15, -0.1) is 5.06 Å². The van der Waals surface area contributed by atoms with E-state index >= 15 is 0 Å². The van der Waals surface area contributed by atoms with E-state index in [1.807, 2.05) is 13.8 Å². The fourth-order valence-electron chi connectivity index (χ4n) is 7.07. The summed E-state index contributed by atoms with van der Waals surface area (Å²) < 4.78 is 11.8. The van der Waals surface area contributed by atoms with E-state index in [1.165, 1.54) is 0 Å². The van der Waals surface area contributed by atoms with Gasteiger partial charge in [-0.2, -0.15) is 0 Å². The maximum Gasteiger partial charge on any atom is 0.333 e. The highest BCUT2D eigenvalue weighted by Crippen LogP contribution is 2.25. The molecular weight excluding hydrogens is 895 g/mol. The first-order chi connectivity index (χ1) is 31.0. The molecule has 4 amide bonds. The Labute approximate surface area is 401 Å². The first-order valence-corrected chi connectivity index (χ1v) is 22.6. The van der Waals surface area contributed by atoms with Gasteiger partial charge in [-0.05, 0) is 53.4 Å². The molecule has 0 aliphatic carbocycles. The van der Waals surface area contributed by atoms with Crippen LogP contribution in [0.15, 0.2) is 0 Å². The first-order valence-electron chi connectivity index (χ1n) is 22.6. The average molecular weight is 976 g/mol. The lowest BCUT2D eigenvalue weighted by Gasteiger charge is -2.35. The zero-order valence-electron chi connectivity index (χ0n) is 41.1. The molecular formula is C45H81N7O16. The van der Waals surface area contributed by atoms with Gasteiger partial charge in [-0.25, -0.2) is 4.79 Å². The number of amides is 4. The molecule has 2 fully saturated rings. The van der Waals surface area contributed by atoms with Crippen molar-refractivity contribution in [3.63, 3.8) is 0 Å². The molecule has 392 valence electrons. The van der Waals surface area contributed by atoms with Crippen molar-refractivity contribution >= 4 is 53.5 Å². The van der Waals surface area contributed by atoms with Gasteiger partial charge in [0.1, 0.15) is 6.04 Å². The molecule has 0 bridgehead atoms. The van der Waals surface area contributed by atoms with Crippen LogP contribution in [0.3, 0.4) is 0 Å². The number of carbonyl (C=O) groups excluding carboxylic acids is 5. The molecule has 0 spiro atoms. The summed E-state index contributed by atoms with van der Waals surface area (Å²) in [4.78, 5) is 121. The number of nitrogens with zero attached hydrogens (tertiary/aromatic N) is 5. The summed E-state index contributed by atoms with van der Waals surface area (Å²) in [6.07, 6.45) is -0.487. The van der Waals surface area contributed by atoms with E-state index in [-0.39, 0.29) is 144 Å². The molecule has 1 atom stereocenters. The fourth-order valence-corrected chi connectivity index (χ4v) is 7.07. The monoisotopic (exact) mass is 976 g/mol. The van der Waals surface area contributed by atoms with Crippen LogP contribution in [0, 0.1) is 10.8 Å². The molecule has 0 saturated carbocycles. The summed E-state index contributed by atoms with van der Waals surface area (Å²) in [5, 5.41) is 45.1. The zero-order valence-corrected chi connectivity index (χ0v) is 41.1. The highest BCUT2D eigenvalue weighted by Gasteiger charge is 2.37. The molecule has 2 aliphatic heterocycles. The molecule has 0 aromatic rings. The van der Waals surface area contributed by atoms with Gasteiger partial charge >= 0.3 is 29.8 Å². The number of hydrogen-bond acceptors (Lipinski definition) is 16. The third-order valence-corrected chi connectivity index (χ3v) is 10.6. The molecule has 0 aromatic heterocycles. The molecule has 23 heteroatoms. The fraction of sp³-hybridized carbons (Fsp3) is 0.800. The number of carboxylic acid groups (broad SMARTS) is 4. The molecule has 23 nitrogen and oxygen atoms in total.